The molecule has 0 bridgehead atoms. The maximum absolute atomic E-state index is 12.9. The number of aryl methyl sites for hydroxylation is 1. The highest BCUT2D eigenvalue weighted by Gasteiger charge is 2.31. The molecule has 1 atom stereocenters. The lowest BCUT2D eigenvalue weighted by Crippen LogP contribution is -2.17. The Morgan fingerprint density at radius 2 is 2.04 bits per heavy atom. The Bertz CT molecular complexity index is 1150. The third-order valence-corrected chi connectivity index (χ3v) is 6.48. The van der Waals surface area contributed by atoms with Crippen LogP contribution < -0.4 is 5.32 Å². The van der Waals surface area contributed by atoms with Gasteiger partial charge >= 0.3 is 0 Å². The van der Waals surface area contributed by atoms with Gasteiger partial charge in [-0.1, -0.05) is 18.2 Å². The molecule has 4 aromatic rings. The van der Waals surface area contributed by atoms with Crippen LogP contribution in [-0.2, 0) is 0 Å². The predicted molar refractivity (Wildman–Crippen MR) is 111 cm³/mol. The molecule has 1 aliphatic rings. The lowest BCUT2D eigenvalue weighted by molar-refractivity contribution is 0.102. The van der Waals surface area contributed by atoms with Gasteiger partial charge in [0.2, 0.25) is 0 Å². The number of carbonyl (C=O) groups excluding carboxylic acids is 1. The summed E-state index contributed by atoms with van der Waals surface area (Å²) in [5.41, 5.74) is 1.91. The molecule has 1 fully saturated rings. The standard InChI is InChI=1S/C21H21N5OS/c1-13-17-12-18(28-21(17)26(24-13)16-6-4-3-5-7-16)20(27)23-19-10-11-22-25(19)14(2)15-8-9-15/h3-7,10-12,14-15H,8-9H2,1-2H3,(H,23,27). The number of hydrogen-bond acceptors (Lipinski definition) is 4. The summed E-state index contributed by atoms with van der Waals surface area (Å²) in [5.74, 6) is 1.31. The fraction of sp³-hybridized carbons (Fsp3) is 0.286. The van der Waals surface area contributed by atoms with Crippen molar-refractivity contribution in [2.45, 2.75) is 32.7 Å². The molecule has 1 saturated carbocycles. The second-order valence-electron chi connectivity index (χ2n) is 7.36. The molecule has 28 heavy (non-hydrogen) atoms. The normalized spacial score (nSPS) is 15.1. The molecule has 3 heterocycles. The molecule has 1 aliphatic carbocycles. The minimum atomic E-state index is -0.107. The van der Waals surface area contributed by atoms with Crippen LogP contribution in [0.2, 0.25) is 0 Å². The third kappa shape index (κ3) is 2.92. The number of thiophene rings is 1. The summed E-state index contributed by atoms with van der Waals surface area (Å²) in [7, 11) is 0. The number of fused-ring (bicyclic) bond motifs is 1. The number of nitrogens with zero attached hydrogens (tertiary/aromatic N) is 4. The van der Waals surface area contributed by atoms with Crippen molar-refractivity contribution in [2.24, 2.45) is 5.92 Å². The van der Waals surface area contributed by atoms with Crippen molar-refractivity contribution in [1.82, 2.24) is 19.6 Å². The number of benzene rings is 1. The molecule has 0 spiro atoms. The van der Waals surface area contributed by atoms with Crippen LogP contribution >= 0.6 is 11.3 Å². The average molecular weight is 392 g/mol. The van der Waals surface area contributed by atoms with Gasteiger partial charge in [0, 0.05) is 11.5 Å². The first-order valence-electron chi connectivity index (χ1n) is 9.51. The van der Waals surface area contributed by atoms with Crippen LogP contribution in [0.4, 0.5) is 5.82 Å². The molecular weight excluding hydrogens is 370 g/mol. The van der Waals surface area contributed by atoms with Crippen LogP contribution in [0.3, 0.4) is 0 Å². The fourth-order valence-electron chi connectivity index (χ4n) is 3.60. The van der Waals surface area contributed by atoms with Gasteiger partial charge in [-0.25, -0.2) is 9.36 Å². The monoisotopic (exact) mass is 391 g/mol. The molecular formula is C21H21N5OS. The zero-order valence-electron chi connectivity index (χ0n) is 15.8. The summed E-state index contributed by atoms with van der Waals surface area (Å²) in [4.78, 5) is 14.6. The van der Waals surface area contributed by atoms with E-state index >= 15 is 0 Å². The van der Waals surface area contributed by atoms with E-state index in [-0.39, 0.29) is 5.91 Å². The van der Waals surface area contributed by atoms with Gasteiger partial charge in [-0.15, -0.1) is 11.3 Å². The van der Waals surface area contributed by atoms with E-state index in [2.05, 4.69) is 22.4 Å². The summed E-state index contributed by atoms with van der Waals surface area (Å²) in [6.45, 7) is 4.14. The summed E-state index contributed by atoms with van der Waals surface area (Å²) < 4.78 is 3.84. The van der Waals surface area contributed by atoms with Crippen molar-refractivity contribution in [3.05, 3.63) is 59.2 Å². The van der Waals surface area contributed by atoms with Gasteiger partial charge in [-0.05, 0) is 50.8 Å². The Balaban J connectivity index is 1.45. The molecule has 0 aliphatic heterocycles. The lowest BCUT2D eigenvalue weighted by atomic mass is 10.2. The Morgan fingerprint density at radius 1 is 1.25 bits per heavy atom. The van der Waals surface area contributed by atoms with Crippen LogP contribution in [0.25, 0.3) is 15.9 Å². The highest BCUT2D eigenvalue weighted by atomic mass is 32.1. The highest BCUT2D eigenvalue weighted by molar-refractivity contribution is 7.20. The van der Waals surface area contributed by atoms with Crippen molar-refractivity contribution >= 4 is 33.3 Å². The number of rotatable bonds is 5. The van der Waals surface area contributed by atoms with Crippen LogP contribution in [-0.4, -0.2) is 25.5 Å². The quantitative estimate of drug-likeness (QED) is 0.531. The summed E-state index contributed by atoms with van der Waals surface area (Å²) in [6.07, 6.45) is 4.22. The van der Waals surface area contributed by atoms with Gasteiger partial charge in [0.1, 0.15) is 10.6 Å². The maximum atomic E-state index is 12.9. The van der Waals surface area contributed by atoms with E-state index in [4.69, 9.17) is 0 Å². The van der Waals surface area contributed by atoms with Crippen molar-refractivity contribution in [3.63, 3.8) is 0 Å². The average Bonchev–Trinajstić information content (AvgIpc) is 3.16. The number of hydrogen-bond donors (Lipinski definition) is 1. The summed E-state index contributed by atoms with van der Waals surface area (Å²) in [6, 6.07) is 14.1. The molecule has 6 nitrogen and oxygen atoms in total. The first kappa shape index (κ1) is 17.2. The molecule has 3 aromatic heterocycles. The second kappa shape index (κ2) is 6.60. The Labute approximate surface area is 166 Å². The van der Waals surface area contributed by atoms with E-state index in [9.17, 15) is 4.79 Å². The second-order valence-corrected chi connectivity index (χ2v) is 8.39. The van der Waals surface area contributed by atoms with Gasteiger partial charge in [-0.2, -0.15) is 10.2 Å². The van der Waals surface area contributed by atoms with Gasteiger partial charge in [0.05, 0.1) is 28.5 Å². The molecule has 7 heteroatoms. The summed E-state index contributed by atoms with van der Waals surface area (Å²) in [5, 5.41) is 13.1. The molecule has 1 unspecified atom stereocenters. The minimum Gasteiger partial charge on any atom is -0.306 e. The number of aromatic nitrogens is 4. The van der Waals surface area contributed by atoms with Crippen molar-refractivity contribution < 1.29 is 4.79 Å². The SMILES string of the molecule is Cc1nn(-c2ccccc2)c2sc(C(=O)Nc3ccnn3C(C)C3CC3)cc12. The Morgan fingerprint density at radius 3 is 2.79 bits per heavy atom. The van der Waals surface area contributed by atoms with Crippen LogP contribution in [0.15, 0.2) is 48.7 Å². The van der Waals surface area contributed by atoms with Crippen LogP contribution in [0.1, 0.15) is 41.2 Å². The van der Waals surface area contributed by atoms with Crippen molar-refractivity contribution in [3.8, 4) is 5.69 Å². The Hall–Kier alpha value is -2.93. The van der Waals surface area contributed by atoms with E-state index in [1.54, 1.807) is 6.20 Å². The third-order valence-electron chi connectivity index (χ3n) is 5.37. The number of amides is 1. The maximum Gasteiger partial charge on any atom is 0.266 e. The Kier molecular flexibility index (Phi) is 4.05. The van der Waals surface area contributed by atoms with E-state index in [0.717, 1.165) is 27.4 Å². The van der Waals surface area contributed by atoms with Gasteiger partial charge in [0.15, 0.2) is 0 Å². The highest BCUT2D eigenvalue weighted by Crippen LogP contribution is 2.40. The van der Waals surface area contributed by atoms with Crippen molar-refractivity contribution in [1.29, 1.82) is 0 Å². The molecule has 1 amide bonds. The smallest absolute Gasteiger partial charge is 0.266 e. The van der Waals surface area contributed by atoms with Crippen molar-refractivity contribution in [2.75, 3.05) is 5.32 Å². The van der Waals surface area contributed by atoms with Crippen LogP contribution in [0, 0.1) is 12.8 Å². The largest absolute Gasteiger partial charge is 0.306 e. The summed E-state index contributed by atoms with van der Waals surface area (Å²) >= 11 is 1.46. The zero-order valence-corrected chi connectivity index (χ0v) is 16.6. The molecule has 142 valence electrons. The molecule has 1 N–H and O–H groups in total. The first-order chi connectivity index (χ1) is 13.6. The minimum absolute atomic E-state index is 0.107. The lowest BCUT2D eigenvalue weighted by Gasteiger charge is -2.15. The van der Waals surface area contributed by atoms with E-state index in [1.807, 2.05) is 58.8 Å². The molecule has 0 saturated heterocycles. The van der Waals surface area contributed by atoms with E-state index in [0.29, 0.717) is 16.8 Å². The molecule has 5 rings (SSSR count). The fourth-order valence-corrected chi connectivity index (χ4v) is 4.68. The van der Waals surface area contributed by atoms with Gasteiger partial charge in [0.25, 0.3) is 5.91 Å². The number of anilines is 1. The number of nitrogens with one attached hydrogen (secondary N) is 1. The number of para-hydroxylation sites is 1. The van der Waals surface area contributed by atoms with Gasteiger partial charge in [-0.3, -0.25) is 4.79 Å². The zero-order chi connectivity index (χ0) is 19.3. The van der Waals surface area contributed by atoms with Crippen LogP contribution in [0.5, 0.6) is 0 Å². The topological polar surface area (TPSA) is 64.7 Å². The molecule has 1 aromatic carbocycles. The van der Waals surface area contributed by atoms with Gasteiger partial charge < -0.3 is 5.32 Å². The predicted octanol–water partition coefficient (Wildman–Crippen LogP) is 4.82. The van der Waals surface area contributed by atoms with E-state index in [1.165, 1.54) is 24.2 Å². The number of carbonyl (C=O) groups is 1. The van der Waals surface area contributed by atoms with E-state index < -0.39 is 0 Å². The molecule has 0 radical (unpaired) electrons. The first-order valence-corrected chi connectivity index (χ1v) is 10.3.